The number of hydrogen-bond acceptors (Lipinski definition) is 6. The molecule has 1 aromatic carbocycles. The van der Waals surface area contributed by atoms with Crippen molar-refractivity contribution < 1.29 is 14.3 Å². The van der Waals surface area contributed by atoms with E-state index in [0.29, 0.717) is 13.0 Å². The Kier molecular flexibility index (Phi) is 6.43. The summed E-state index contributed by atoms with van der Waals surface area (Å²) in [4.78, 5) is 20.3. The quantitative estimate of drug-likeness (QED) is 0.574. The van der Waals surface area contributed by atoms with Gasteiger partial charge < -0.3 is 14.8 Å². The van der Waals surface area contributed by atoms with Crippen molar-refractivity contribution in [1.82, 2.24) is 19.6 Å². The molecule has 154 valence electrons. The van der Waals surface area contributed by atoms with E-state index in [2.05, 4.69) is 15.2 Å². The SMILES string of the molecule is COc1ccc(-c2cn3c(CC(=O)NCCCN4CCOCC4)csc3n2)cc1. The van der Waals surface area contributed by atoms with Crippen LogP contribution in [-0.4, -0.2) is 66.7 Å². The van der Waals surface area contributed by atoms with Gasteiger partial charge in [0, 0.05) is 42.5 Å². The molecule has 1 amide bonds. The third kappa shape index (κ3) is 4.95. The van der Waals surface area contributed by atoms with Crippen LogP contribution in [0.15, 0.2) is 35.8 Å². The summed E-state index contributed by atoms with van der Waals surface area (Å²) in [6.07, 6.45) is 3.31. The second-order valence-electron chi connectivity index (χ2n) is 7.07. The van der Waals surface area contributed by atoms with Crippen molar-refractivity contribution in [2.75, 3.05) is 46.5 Å². The van der Waals surface area contributed by atoms with Gasteiger partial charge in [-0.05, 0) is 37.2 Å². The van der Waals surface area contributed by atoms with Gasteiger partial charge in [0.15, 0.2) is 4.96 Å². The Morgan fingerprint density at radius 1 is 1.28 bits per heavy atom. The number of fused-ring (bicyclic) bond motifs is 1. The fraction of sp³-hybridized carbons (Fsp3) is 0.429. The molecule has 0 bridgehead atoms. The topological polar surface area (TPSA) is 68.1 Å². The second-order valence-corrected chi connectivity index (χ2v) is 7.91. The number of thiazole rings is 1. The zero-order valence-corrected chi connectivity index (χ0v) is 17.4. The summed E-state index contributed by atoms with van der Waals surface area (Å²) in [5, 5.41) is 5.04. The molecule has 0 aliphatic carbocycles. The molecule has 3 aromatic rings. The number of aromatic nitrogens is 2. The second kappa shape index (κ2) is 9.39. The molecule has 29 heavy (non-hydrogen) atoms. The number of methoxy groups -OCH3 is 1. The van der Waals surface area contributed by atoms with E-state index in [9.17, 15) is 4.79 Å². The van der Waals surface area contributed by atoms with Gasteiger partial charge in [-0.1, -0.05) is 0 Å². The number of benzene rings is 1. The first-order valence-electron chi connectivity index (χ1n) is 9.89. The molecule has 1 saturated heterocycles. The van der Waals surface area contributed by atoms with Crippen molar-refractivity contribution in [3.63, 3.8) is 0 Å². The van der Waals surface area contributed by atoms with Gasteiger partial charge in [0.25, 0.3) is 0 Å². The molecule has 4 rings (SSSR count). The molecule has 1 aliphatic rings. The molecule has 7 nitrogen and oxygen atoms in total. The van der Waals surface area contributed by atoms with Gasteiger partial charge in [-0.3, -0.25) is 14.1 Å². The highest BCUT2D eigenvalue weighted by Gasteiger charge is 2.13. The van der Waals surface area contributed by atoms with Crippen molar-refractivity contribution >= 4 is 22.2 Å². The maximum absolute atomic E-state index is 12.4. The predicted octanol–water partition coefficient (Wildman–Crippen LogP) is 2.45. The summed E-state index contributed by atoms with van der Waals surface area (Å²) in [6, 6.07) is 7.83. The molecular weight excluding hydrogens is 388 g/mol. The maximum atomic E-state index is 12.4. The molecule has 0 saturated carbocycles. The average molecular weight is 415 g/mol. The van der Waals surface area contributed by atoms with E-state index in [-0.39, 0.29) is 5.91 Å². The highest BCUT2D eigenvalue weighted by Crippen LogP contribution is 2.25. The molecule has 2 aromatic heterocycles. The highest BCUT2D eigenvalue weighted by atomic mass is 32.1. The minimum Gasteiger partial charge on any atom is -0.497 e. The minimum absolute atomic E-state index is 0.0476. The molecule has 1 N–H and O–H groups in total. The standard InChI is InChI=1S/C21H26N4O3S/c1-27-18-5-3-16(4-6-18)19-14-25-17(15-29-21(25)23-19)13-20(26)22-7-2-8-24-9-11-28-12-10-24/h3-6,14-15H,2,7-13H2,1H3,(H,22,26). The van der Waals surface area contributed by atoms with Gasteiger partial charge in [-0.25, -0.2) is 4.98 Å². The number of hydrogen-bond donors (Lipinski definition) is 1. The normalized spacial score (nSPS) is 14.9. The van der Waals surface area contributed by atoms with Crippen LogP contribution in [0.3, 0.4) is 0 Å². The monoisotopic (exact) mass is 414 g/mol. The van der Waals surface area contributed by atoms with Gasteiger partial charge in [0.1, 0.15) is 5.75 Å². The molecule has 0 spiro atoms. The summed E-state index contributed by atoms with van der Waals surface area (Å²) in [7, 11) is 1.65. The van der Waals surface area contributed by atoms with Crippen LogP contribution in [-0.2, 0) is 16.0 Å². The first-order valence-corrected chi connectivity index (χ1v) is 10.8. The summed E-state index contributed by atoms with van der Waals surface area (Å²) < 4.78 is 12.6. The Morgan fingerprint density at radius 2 is 2.07 bits per heavy atom. The zero-order chi connectivity index (χ0) is 20.1. The summed E-state index contributed by atoms with van der Waals surface area (Å²) in [5.41, 5.74) is 2.88. The lowest BCUT2D eigenvalue weighted by Crippen LogP contribution is -2.38. The molecule has 3 heterocycles. The Balaban J connectivity index is 1.31. The lowest BCUT2D eigenvalue weighted by molar-refractivity contribution is -0.120. The van der Waals surface area contributed by atoms with E-state index in [0.717, 1.165) is 66.9 Å². The van der Waals surface area contributed by atoms with Gasteiger partial charge in [-0.15, -0.1) is 11.3 Å². The van der Waals surface area contributed by atoms with Crippen LogP contribution < -0.4 is 10.1 Å². The number of rotatable bonds is 8. The van der Waals surface area contributed by atoms with E-state index < -0.39 is 0 Å². The van der Waals surface area contributed by atoms with E-state index in [1.807, 2.05) is 40.2 Å². The van der Waals surface area contributed by atoms with Crippen molar-refractivity contribution in [3.8, 4) is 17.0 Å². The predicted molar refractivity (Wildman–Crippen MR) is 114 cm³/mol. The molecule has 8 heteroatoms. The Labute approximate surface area is 174 Å². The first-order chi connectivity index (χ1) is 14.2. The Hall–Kier alpha value is -2.42. The first kappa shape index (κ1) is 19.9. The fourth-order valence-electron chi connectivity index (χ4n) is 3.44. The van der Waals surface area contributed by atoms with Crippen LogP contribution in [0.2, 0.25) is 0 Å². The molecule has 0 atom stereocenters. The van der Waals surface area contributed by atoms with Gasteiger partial charge >= 0.3 is 0 Å². The van der Waals surface area contributed by atoms with Crippen LogP contribution >= 0.6 is 11.3 Å². The smallest absolute Gasteiger partial charge is 0.225 e. The van der Waals surface area contributed by atoms with Crippen LogP contribution in [0.4, 0.5) is 0 Å². The van der Waals surface area contributed by atoms with Crippen molar-refractivity contribution in [2.24, 2.45) is 0 Å². The number of ether oxygens (including phenoxy) is 2. The number of imidazole rings is 1. The molecule has 0 radical (unpaired) electrons. The van der Waals surface area contributed by atoms with Gasteiger partial charge in [-0.2, -0.15) is 0 Å². The Bertz CT molecular complexity index is 945. The van der Waals surface area contributed by atoms with E-state index in [4.69, 9.17) is 9.47 Å². The third-order valence-corrected chi connectivity index (χ3v) is 5.98. The van der Waals surface area contributed by atoms with Crippen LogP contribution in [0, 0.1) is 0 Å². The third-order valence-electron chi connectivity index (χ3n) is 5.09. The number of nitrogens with zero attached hydrogens (tertiary/aromatic N) is 3. The number of morpholine rings is 1. The van der Waals surface area contributed by atoms with Gasteiger partial charge in [0.2, 0.25) is 5.91 Å². The van der Waals surface area contributed by atoms with E-state index in [1.54, 1.807) is 18.4 Å². The van der Waals surface area contributed by atoms with Crippen molar-refractivity contribution in [1.29, 1.82) is 0 Å². The summed E-state index contributed by atoms with van der Waals surface area (Å²) >= 11 is 1.55. The van der Waals surface area contributed by atoms with E-state index in [1.165, 1.54) is 0 Å². The van der Waals surface area contributed by atoms with E-state index >= 15 is 0 Å². The van der Waals surface area contributed by atoms with Gasteiger partial charge in [0.05, 0.1) is 32.4 Å². The fourth-order valence-corrected chi connectivity index (χ4v) is 4.31. The Morgan fingerprint density at radius 3 is 2.83 bits per heavy atom. The number of carbonyl (C=O) groups is 1. The zero-order valence-electron chi connectivity index (χ0n) is 16.6. The highest BCUT2D eigenvalue weighted by molar-refractivity contribution is 7.15. The maximum Gasteiger partial charge on any atom is 0.225 e. The molecular formula is C21H26N4O3S. The van der Waals surface area contributed by atoms with Crippen LogP contribution in [0.25, 0.3) is 16.2 Å². The van der Waals surface area contributed by atoms with Crippen molar-refractivity contribution in [3.05, 3.63) is 41.5 Å². The molecule has 1 aliphatic heterocycles. The molecule has 0 unspecified atom stereocenters. The number of amides is 1. The lowest BCUT2D eigenvalue weighted by Gasteiger charge is -2.26. The lowest BCUT2D eigenvalue weighted by atomic mass is 10.2. The molecule has 1 fully saturated rings. The van der Waals surface area contributed by atoms with Crippen LogP contribution in [0.5, 0.6) is 5.75 Å². The number of nitrogens with one attached hydrogen (secondary N) is 1. The average Bonchev–Trinajstić information content (AvgIpc) is 3.34. The summed E-state index contributed by atoms with van der Waals surface area (Å²) in [5.74, 6) is 0.868. The number of carbonyl (C=O) groups excluding carboxylic acids is 1. The van der Waals surface area contributed by atoms with Crippen molar-refractivity contribution in [2.45, 2.75) is 12.8 Å². The summed E-state index contributed by atoms with van der Waals surface area (Å²) in [6.45, 7) is 5.29. The van der Waals surface area contributed by atoms with Crippen LogP contribution in [0.1, 0.15) is 12.1 Å². The largest absolute Gasteiger partial charge is 0.497 e. The minimum atomic E-state index is 0.0476.